The van der Waals surface area contributed by atoms with E-state index in [1.165, 1.54) is 6.42 Å². The SMILES string of the molecule is CC(C)CCCCCCC1(N2CCN(CCO)CC2)C(=O)NC(=O)NC1=O. The van der Waals surface area contributed by atoms with Crippen LogP contribution in [0.1, 0.15) is 52.4 Å². The van der Waals surface area contributed by atoms with Crippen LogP contribution in [-0.2, 0) is 9.59 Å². The Bertz CT molecular complexity index is 510. The van der Waals surface area contributed by atoms with Crippen molar-refractivity contribution in [1.82, 2.24) is 20.4 Å². The predicted molar refractivity (Wildman–Crippen MR) is 102 cm³/mol. The molecule has 154 valence electrons. The van der Waals surface area contributed by atoms with Crippen molar-refractivity contribution >= 4 is 17.8 Å². The second-order valence-corrected chi connectivity index (χ2v) is 8.00. The van der Waals surface area contributed by atoms with Crippen molar-refractivity contribution in [3.8, 4) is 0 Å². The number of hydrogen-bond acceptors (Lipinski definition) is 6. The Morgan fingerprint density at radius 2 is 1.56 bits per heavy atom. The molecule has 2 heterocycles. The molecule has 0 spiro atoms. The molecule has 0 aliphatic carbocycles. The highest BCUT2D eigenvalue weighted by atomic mass is 16.3. The predicted octanol–water partition coefficient (Wildman–Crippen LogP) is 0.698. The monoisotopic (exact) mass is 382 g/mol. The van der Waals surface area contributed by atoms with Crippen LogP contribution < -0.4 is 10.6 Å². The summed E-state index contributed by atoms with van der Waals surface area (Å²) in [6, 6.07) is -0.739. The fourth-order valence-electron chi connectivity index (χ4n) is 4.00. The molecule has 0 bridgehead atoms. The molecule has 0 atom stereocenters. The van der Waals surface area contributed by atoms with E-state index in [0.29, 0.717) is 45.1 Å². The van der Waals surface area contributed by atoms with E-state index in [1.807, 2.05) is 4.90 Å². The molecule has 2 aliphatic heterocycles. The van der Waals surface area contributed by atoms with Gasteiger partial charge in [-0.25, -0.2) is 4.79 Å². The van der Waals surface area contributed by atoms with Crippen molar-refractivity contribution in [2.24, 2.45) is 5.92 Å². The second kappa shape index (κ2) is 10.1. The first-order valence-corrected chi connectivity index (χ1v) is 10.1. The molecule has 0 radical (unpaired) electrons. The standard InChI is InChI=1S/C19H34N4O4/c1-15(2)7-5-3-4-6-8-19(16(25)20-18(27)21-17(19)26)23-11-9-22(10-12-23)13-14-24/h15,24H,3-14H2,1-2H3,(H2,20,21,25,26,27). The van der Waals surface area contributed by atoms with Gasteiger partial charge in [-0.2, -0.15) is 0 Å². The number of amides is 4. The molecule has 8 nitrogen and oxygen atoms in total. The van der Waals surface area contributed by atoms with Gasteiger partial charge in [0.2, 0.25) is 0 Å². The van der Waals surface area contributed by atoms with Crippen LogP contribution in [0.4, 0.5) is 4.79 Å². The molecule has 2 saturated heterocycles. The molecular weight excluding hydrogens is 348 g/mol. The lowest BCUT2D eigenvalue weighted by Crippen LogP contribution is -2.74. The number of β-amino-alcohol motifs (C(OH)–C–C–N with tert-alkyl or cyclic N) is 1. The molecule has 0 aromatic heterocycles. The van der Waals surface area contributed by atoms with Crippen LogP contribution in [0.2, 0.25) is 0 Å². The van der Waals surface area contributed by atoms with E-state index >= 15 is 0 Å². The van der Waals surface area contributed by atoms with Crippen LogP contribution in [-0.4, -0.2) is 77.6 Å². The van der Waals surface area contributed by atoms with Gasteiger partial charge in [-0.3, -0.25) is 30.0 Å². The second-order valence-electron chi connectivity index (χ2n) is 8.00. The van der Waals surface area contributed by atoms with Crippen LogP contribution in [0.5, 0.6) is 0 Å². The molecule has 8 heteroatoms. The molecule has 2 rings (SSSR count). The van der Waals surface area contributed by atoms with Gasteiger partial charge in [0.15, 0.2) is 5.54 Å². The van der Waals surface area contributed by atoms with Gasteiger partial charge in [-0.05, 0) is 12.3 Å². The fourth-order valence-corrected chi connectivity index (χ4v) is 4.00. The quantitative estimate of drug-likeness (QED) is 0.380. The summed E-state index contributed by atoms with van der Waals surface area (Å²) in [6.45, 7) is 7.59. The molecular formula is C19H34N4O4. The van der Waals surface area contributed by atoms with Crippen LogP contribution in [0, 0.1) is 5.92 Å². The minimum Gasteiger partial charge on any atom is -0.395 e. The van der Waals surface area contributed by atoms with Gasteiger partial charge in [-0.1, -0.05) is 46.0 Å². The summed E-state index contributed by atoms with van der Waals surface area (Å²) < 4.78 is 0. The smallest absolute Gasteiger partial charge is 0.328 e. The van der Waals surface area contributed by atoms with E-state index < -0.39 is 23.4 Å². The number of nitrogens with one attached hydrogen (secondary N) is 2. The van der Waals surface area contributed by atoms with E-state index in [0.717, 1.165) is 25.7 Å². The maximum Gasteiger partial charge on any atom is 0.328 e. The van der Waals surface area contributed by atoms with Gasteiger partial charge in [0.05, 0.1) is 6.61 Å². The summed E-state index contributed by atoms with van der Waals surface area (Å²) >= 11 is 0. The topological polar surface area (TPSA) is 102 Å². The average Bonchev–Trinajstić information content (AvgIpc) is 2.61. The Morgan fingerprint density at radius 3 is 2.11 bits per heavy atom. The lowest BCUT2D eigenvalue weighted by Gasteiger charge is -2.46. The van der Waals surface area contributed by atoms with E-state index in [9.17, 15) is 14.4 Å². The van der Waals surface area contributed by atoms with E-state index in [4.69, 9.17) is 5.11 Å². The van der Waals surface area contributed by atoms with Crippen LogP contribution in [0.15, 0.2) is 0 Å². The molecule has 0 aromatic rings. The largest absolute Gasteiger partial charge is 0.395 e. The summed E-state index contributed by atoms with van der Waals surface area (Å²) in [7, 11) is 0. The summed E-state index contributed by atoms with van der Waals surface area (Å²) in [4.78, 5) is 41.1. The number of aliphatic hydroxyl groups is 1. The van der Waals surface area contributed by atoms with Crippen molar-refractivity contribution in [1.29, 1.82) is 0 Å². The number of piperazine rings is 1. The summed E-state index contributed by atoms with van der Waals surface area (Å²) in [5, 5.41) is 13.7. The first-order chi connectivity index (χ1) is 12.9. The number of nitrogens with zero attached hydrogens (tertiary/aromatic N) is 2. The number of imide groups is 2. The van der Waals surface area contributed by atoms with Crippen LogP contribution in [0.25, 0.3) is 0 Å². The zero-order chi connectivity index (χ0) is 19.9. The van der Waals surface area contributed by atoms with Crippen LogP contribution >= 0.6 is 0 Å². The number of unbranched alkanes of at least 4 members (excludes halogenated alkanes) is 3. The highest BCUT2D eigenvalue weighted by Gasteiger charge is 2.54. The van der Waals surface area contributed by atoms with Gasteiger partial charge in [0.1, 0.15) is 0 Å². The summed E-state index contributed by atoms with van der Waals surface area (Å²) in [5.74, 6) is -0.324. The third-order valence-electron chi connectivity index (χ3n) is 5.60. The number of aliphatic hydroxyl groups excluding tert-OH is 1. The van der Waals surface area contributed by atoms with Crippen molar-refractivity contribution in [2.75, 3.05) is 39.3 Å². The number of urea groups is 1. The first-order valence-electron chi connectivity index (χ1n) is 10.1. The molecule has 4 amide bonds. The fraction of sp³-hybridized carbons (Fsp3) is 0.842. The number of barbiturate groups is 1. The third-order valence-corrected chi connectivity index (χ3v) is 5.60. The van der Waals surface area contributed by atoms with E-state index in [1.54, 1.807) is 0 Å². The van der Waals surface area contributed by atoms with Gasteiger partial charge < -0.3 is 5.11 Å². The number of hydrogen-bond donors (Lipinski definition) is 3. The molecule has 0 unspecified atom stereocenters. The molecule has 0 saturated carbocycles. The normalized spacial score (nSPS) is 21.4. The highest BCUT2D eigenvalue weighted by Crippen LogP contribution is 2.28. The van der Waals surface area contributed by atoms with Gasteiger partial charge >= 0.3 is 6.03 Å². The Balaban J connectivity index is 2.00. The molecule has 2 fully saturated rings. The summed E-state index contributed by atoms with van der Waals surface area (Å²) in [6.07, 6.45) is 5.58. The van der Waals surface area contributed by atoms with E-state index in [2.05, 4.69) is 29.4 Å². The minimum atomic E-state index is -1.31. The lowest BCUT2D eigenvalue weighted by molar-refractivity contribution is -0.150. The zero-order valence-corrected chi connectivity index (χ0v) is 16.6. The van der Waals surface area contributed by atoms with Crippen molar-refractivity contribution in [2.45, 2.75) is 57.9 Å². The first kappa shape index (κ1) is 21.8. The third kappa shape index (κ3) is 5.49. The number of carbonyl (C=O) groups is 3. The number of rotatable bonds is 10. The summed E-state index contributed by atoms with van der Waals surface area (Å²) in [5.41, 5.74) is -1.31. The van der Waals surface area contributed by atoms with Crippen molar-refractivity contribution in [3.63, 3.8) is 0 Å². The highest BCUT2D eigenvalue weighted by molar-refractivity contribution is 6.22. The van der Waals surface area contributed by atoms with Crippen molar-refractivity contribution < 1.29 is 19.5 Å². The molecule has 3 N–H and O–H groups in total. The van der Waals surface area contributed by atoms with Gasteiger partial charge in [0, 0.05) is 32.7 Å². The Morgan fingerprint density at radius 1 is 0.963 bits per heavy atom. The minimum absolute atomic E-state index is 0.0942. The lowest BCUT2D eigenvalue weighted by atomic mass is 9.85. The maximum absolute atomic E-state index is 12.8. The van der Waals surface area contributed by atoms with Gasteiger partial charge in [-0.15, -0.1) is 0 Å². The molecule has 27 heavy (non-hydrogen) atoms. The Labute approximate surface area is 161 Å². The van der Waals surface area contributed by atoms with Crippen LogP contribution in [0.3, 0.4) is 0 Å². The maximum atomic E-state index is 12.8. The zero-order valence-electron chi connectivity index (χ0n) is 16.6. The average molecular weight is 383 g/mol. The van der Waals surface area contributed by atoms with E-state index in [-0.39, 0.29) is 6.61 Å². The number of carbonyl (C=O) groups excluding carboxylic acids is 3. The Hall–Kier alpha value is -1.51. The Kier molecular flexibility index (Phi) is 8.19. The van der Waals surface area contributed by atoms with Crippen molar-refractivity contribution in [3.05, 3.63) is 0 Å². The van der Waals surface area contributed by atoms with Gasteiger partial charge in [0.25, 0.3) is 11.8 Å². The molecule has 2 aliphatic rings. The molecule has 0 aromatic carbocycles.